The first-order valence-corrected chi connectivity index (χ1v) is 5.65. The normalized spacial score (nSPS) is 25.9. The average Bonchev–Trinajstić information content (AvgIpc) is 2.46. The fourth-order valence-corrected chi connectivity index (χ4v) is 1.79. The third kappa shape index (κ3) is 3.63. The zero-order valence-electron chi connectivity index (χ0n) is 10.2. The molecule has 0 saturated carbocycles. The van der Waals surface area contributed by atoms with Crippen LogP contribution in [-0.2, 0) is 4.74 Å². The quantitative estimate of drug-likeness (QED) is 0.785. The van der Waals surface area contributed by atoms with Crippen LogP contribution in [0.15, 0.2) is 0 Å². The summed E-state index contributed by atoms with van der Waals surface area (Å²) < 4.78 is 18.7. The van der Waals surface area contributed by atoms with E-state index in [2.05, 4.69) is 0 Å². The number of amides is 1. The van der Waals surface area contributed by atoms with Crippen LogP contribution in [0.25, 0.3) is 0 Å². The van der Waals surface area contributed by atoms with Crippen LogP contribution < -0.4 is 5.73 Å². The zero-order valence-corrected chi connectivity index (χ0v) is 10.2. The Morgan fingerprint density at radius 1 is 1.50 bits per heavy atom. The lowest BCUT2D eigenvalue weighted by Crippen LogP contribution is -2.35. The van der Waals surface area contributed by atoms with E-state index in [1.807, 2.05) is 0 Å². The number of nitrogens with zero attached hydrogens (tertiary/aromatic N) is 1. The van der Waals surface area contributed by atoms with Gasteiger partial charge in [0.05, 0.1) is 6.54 Å². The molecule has 1 aliphatic rings. The van der Waals surface area contributed by atoms with Gasteiger partial charge in [0.2, 0.25) is 0 Å². The molecular weight excluding hydrogens is 211 g/mol. The van der Waals surface area contributed by atoms with Gasteiger partial charge in [0, 0.05) is 12.5 Å². The second-order valence-electron chi connectivity index (χ2n) is 5.24. The number of halogens is 1. The number of hydrogen-bond acceptors (Lipinski definition) is 3. The number of nitrogens with two attached hydrogens (primary N) is 1. The molecule has 0 radical (unpaired) electrons. The van der Waals surface area contributed by atoms with Gasteiger partial charge in [0.15, 0.2) is 0 Å². The van der Waals surface area contributed by atoms with E-state index in [1.165, 1.54) is 4.90 Å². The summed E-state index contributed by atoms with van der Waals surface area (Å²) >= 11 is 0. The summed E-state index contributed by atoms with van der Waals surface area (Å²) in [5, 5.41) is 0. The molecule has 0 spiro atoms. The molecular formula is C11H21FN2O2. The van der Waals surface area contributed by atoms with E-state index in [9.17, 15) is 9.18 Å². The molecule has 1 heterocycles. The lowest BCUT2D eigenvalue weighted by Gasteiger charge is -2.24. The molecule has 16 heavy (non-hydrogen) atoms. The van der Waals surface area contributed by atoms with Crippen LogP contribution in [0.4, 0.5) is 9.18 Å². The molecule has 1 rings (SSSR count). The van der Waals surface area contributed by atoms with Crippen molar-refractivity contribution in [3.8, 4) is 0 Å². The van der Waals surface area contributed by atoms with Gasteiger partial charge in [-0.05, 0) is 33.7 Å². The van der Waals surface area contributed by atoms with Crippen molar-refractivity contribution >= 4 is 6.09 Å². The highest BCUT2D eigenvalue weighted by Crippen LogP contribution is 2.24. The van der Waals surface area contributed by atoms with Gasteiger partial charge in [0.1, 0.15) is 11.8 Å². The molecule has 1 saturated heterocycles. The SMILES string of the molecule is CC(C)(C)OC(=O)N1CC(F)C(CCN)C1. The molecule has 0 aromatic heterocycles. The molecule has 0 bridgehead atoms. The molecule has 0 aliphatic carbocycles. The topological polar surface area (TPSA) is 55.6 Å². The van der Waals surface area contributed by atoms with E-state index >= 15 is 0 Å². The van der Waals surface area contributed by atoms with Gasteiger partial charge in [-0.3, -0.25) is 0 Å². The van der Waals surface area contributed by atoms with Crippen molar-refractivity contribution in [2.75, 3.05) is 19.6 Å². The molecule has 4 nitrogen and oxygen atoms in total. The highest BCUT2D eigenvalue weighted by Gasteiger charge is 2.36. The number of carbonyl (C=O) groups excluding carboxylic acids is 1. The maximum atomic E-state index is 13.5. The number of hydrogen-bond donors (Lipinski definition) is 1. The Bertz CT molecular complexity index is 253. The molecule has 1 amide bonds. The highest BCUT2D eigenvalue weighted by atomic mass is 19.1. The van der Waals surface area contributed by atoms with Gasteiger partial charge >= 0.3 is 6.09 Å². The van der Waals surface area contributed by atoms with Crippen molar-refractivity contribution in [2.45, 2.75) is 39.0 Å². The van der Waals surface area contributed by atoms with Crippen molar-refractivity contribution in [3.05, 3.63) is 0 Å². The Balaban J connectivity index is 2.48. The molecule has 2 atom stereocenters. The van der Waals surface area contributed by atoms with E-state index in [1.54, 1.807) is 20.8 Å². The number of carbonyl (C=O) groups is 1. The van der Waals surface area contributed by atoms with Crippen LogP contribution in [0, 0.1) is 5.92 Å². The van der Waals surface area contributed by atoms with Crippen LogP contribution in [0.2, 0.25) is 0 Å². The molecule has 1 fully saturated rings. The first-order valence-electron chi connectivity index (χ1n) is 5.65. The van der Waals surface area contributed by atoms with Gasteiger partial charge in [0.25, 0.3) is 0 Å². The maximum Gasteiger partial charge on any atom is 0.410 e. The molecule has 0 aromatic rings. The number of alkyl halides is 1. The van der Waals surface area contributed by atoms with E-state index in [-0.39, 0.29) is 12.5 Å². The van der Waals surface area contributed by atoms with Crippen LogP contribution in [0.3, 0.4) is 0 Å². The van der Waals surface area contributed by atoms with Crippen molar-refractivity contribution in [1.82, 2.24) is 4.90 Å². The van der Waals surface area contributed by atoms with Crippen LogP contribution in [0.1, 0.15) is 27.2 Å². The minimum Gasteiger partial charge on any atom is -0.444 e. The molecule has 5 heteroatoms. The van der Waals surface area contributed by atoms with Gasteiger partial charge in [-0.25, -0.2) is 9.18 Å². The average molecular weight is 232 g/mol. The van der Waals surface area contributed by atoms with Crippen molar-refractivity contribution in [2.24, 2.45) is 11.7 Å². The largest absolute Gasteiger partial charge is 0.444 e. The summed E-state index contributed by atoms with van der Waals surface area (Å²) in [7, 11) is 0. The van der Waals surface area contributed by atoms with Crippen LogP contribution >= 0.6 is 0 Å². The fourth-order valence-electron chi connectivity index (χ4n) is 1.79. The molecule has 1 aliphatic heterocycles. The van der Waals surface area contributed by atoms with Crippen LogP contribution in [0.5, 0.6) is 0 Å². The second kappa shape index (κ2) is 4.99. The van der Waals surface area contributed by atoms with Crippen molar-refractivity contribution in [3.63, 3.8) is 0 Å². The van der Waals surface area contributed by atoms with Crippen molar-refractivity contribution in [1.29, 1.82) is 0 Å². The molecule has 94 valence electrons. The summed E-state index contributed by atoms with van der Waals surface area (Å²) in [6.45, 7) is 6.38. The molecule has 0 aromatic carbocycles. The third-order valence-corrected chi connectivity index (χ3v) is 2.55. The Kier molecular flexibility index (Phi) is 4.13. The minimum absolute atomic E-state index is 0.125. The molecule has 2 N–H and O–H groups in total. The van der Waals surface area contributed by atoms with Gasteiger partial charge in [-0.1, -0.05) is 0 Å². The highest BCUT2D eigenvalue weighted by molar-refractivity contribution is 5.68. The summed E-state index contributed by atoms with van der Waals surface area (Å²) in [6.07, 6.45) is -0.800. The standard InChI is InChI=1S/C11H21FN2O2/c1-11(2,3)16-10(15)14-6-8(4-5-13)9(12)7-14/h8-9H,4-7,13H2,1-3H3. The van der Waals surface area contributed by atoms with E-state index in [0.717, 1.165) is 0 Å². The first-order chi connectivity index (χ1) is 7.33. The summed E-state index contributed by atoms with van der Waals surface area (Å²) in [4.78, 5) is 13.1. The number of rotatable bonds is 2. The smallest absolute Gasteiger partial charge is 0.410 e. The number of ether oxygens (including phenoxy) is 1. The summed E-state index contributed by atoms with van der Waals surface area (Å²) in [5.41, 5.74) is 4.86. The van der Waals surface area contributed by atoms with E-state index < -0.39 is 17.9 Å². The van der Waals surface area contributed by atoms with Gasteiger partial charge in [-0.2, -0.15) is 0 Å². The Morgan fingerprint density at radius 2 is 2.12 bits per heavy atom. The van der Waals surface area contributed by atoms with Crippen molar-refractivity contribution < 1.29 is 13.9 Å². The monoisotopic (exact) mass is 232 g/mol. The van der Waals surface area contributed by atoms with Gasteiger partial charge < -0.3 is 15.4 Å². The van der Waals surface area contributed by atoms with Crippen LogP contribution in [-0.4, -0.2) is 42.4 Å². The zero-order chi connectivity index (χ0) is 12.3. The van der Waals surface area contributed by atoms with Gasteiger partial charge in [-0.15, -0.1) is 0 Å². The summed E-state index contributed by atoms with van der Waals surface area (Å²) in [5.74, 6) is -0.141. The predicted molar refractivity (Wildman–Crippen MR) is 59.9 cm³/mol. The Morgan fingerprint density at radius 3 is 2.62 bits per heavy atom. The Labute approximate surface area is 95.9 Å². The summed E-state index contributed by atoms with van der Waals surface area (Å²) in [6, 6.07) is 0. The Hall–Kier alpha value is -0.840. The first kappa shape index (κ1) is 13.2. The fraction of sp³-hybridized carbons (Fsp3) is 0.909. The lowest BCUT2D eigenvalue weighted by molar-refractivity contribution is 0.0281. The van der Waals surface area contributed by atoms with E-state index in [4.69, 9.17) is 10.5 Å². The molecule has 2 unspecified atom stereocenters. The minimum atomic E-state index is -0.976. The lowest BCUT2D eigenvalue weighted by atomic mass is 10.0. The predicted octanol–water partition coefficient (Wildman–Crippen LogP) is 1.54. The van der Waals surface area contributed by atoms with E-state index in [0.29, 0.717) is 19.5 Å². The number of likely N-dealkylation sites (tertiary alicyclic amines) is 1. The third-order valence-electron chi connectivity index (χ3n) is 2.55. The maximum absolute atomic E-state index is 13.5. The second-order valence-corrected chi connectivity index (χ2v) is 5.24.